The van der Waals surface area contributed by atoms with E-state index < -0.39 is 0 Å². The lowest BCUT2D eigenvalue weighted by Gasteiger charge is -2.40. The van der Waals surface area contributed by atoms with Gasteiger partial charge in [-0.3, -0.25) is 4.90 Å². The molecular formula is C101H36N2O3. The summed E-state index contributed by atoms with van der Waals surface area (Å²) in [6, 6.07) is 19.7. The fraction of sp³-hybridized carbons (Fsp3) is 0.109. The zero-order chi connectivity index (χ0) is 74.7. The number of H-pyrrole nitrogens is 1. The average Bonchev–Trinajstić information content (AvgIpc) is 1.51. The standard InChI is InChI=1S/C71H4.C30H32N2O3/c1-3-5-7-9-11-13-15-17-19-21-23-25-27-29-31-33-35-37-39-41-43-45-47-49-51-53-55-57-59-61-63-65-67-69-71-70-68-66-64-62-60-58-56-54-52-50-48-46-44-42-40-38-36-34-32-30-28-26-24-22-20-18-16-14-12-10-8-6-4-2;1-4-19-5-7-20(8-6-19)18-35-30-13-21-11-12-32-17-27-25(15-28(32)23(21)16-29(30)34-3)24-14-22(33-2)9-10-26(24)31-27/h1H,2H3;5-10,13-14,16,28,31H,4,11-12,15,17-18H2,1-3H3. The first-order chi connectivity index (χ1) is 52.6. The molecule has 1 N–H and O–H groups in total. The van der Waals surface area contributed by atoms with Gasteiger partial charge in [-0.2, -0.15) is 0 Å². The normalized spacial score (nSPS) is 8.24. The summed E-state index contributed by atoms with van der Waals surface area (Å²) in [7, 11) is 3.46. The Morgan fingerprint density at radius 3 is 1.00 bits per heavy atom. The monoisotopic (exact) mass is 1320 g/mol. The van der Waals surface area contributed by atoms with E-state index in [1.165, 1.54) is 44.4 Å². The largest absolute Gasteiger partial charge is 0.497 e. The number of aromatic nitrogens is 1. The van der Waals surface area contributed by atoms with Crippen LogP contribution in [0, 0.1) is 415 Å². The lowest BCUT2D eigenvalue weighted by atomic mass is 9.85. The zero-order valence-corrected chi connectivity index (χ0v) is 56.8. The van der Waals surface area contributed by atoms with Crippen LogP contribution >= 0.6 is 0 Å². The molecule has 0 radical (unpaired) electrons. The minimum atomic E-state index is 0.334. The maximum absolute atomic E-state index is 6.26. The number of ether oxygens (including phenoxy) is 3. The Balaban J connectivity index is 0.000000470. The molecule has 3 heterocycles. The first-order valence-electron chi connectivity index (χ1n) is 30.3. The number of terminal acetylenes is 1. The highest BCUT2D eigenvalue weighted by Gasteiger charge is 2.35. The van der Waals surface area contributed by atoms with Crippen LogP contribution in [0.1, 0.15) is 53.4 Å². The van der Waals surface area contributed by atoms with Gasteiger partial charge < -0.3 is 19.2 Å². The van der Waals surface area contributed by atoms with E-state index in [1.807, 2.05) is 6.07 Å². The minimum absolute atomic E-state index is 0.334. The zero-order valence-electron chi connectivity index (χ0n) is 56.8. The average molecular weight is 1330 g/mol. The molecule has 468 valence electrons. The van der Waals surface area contributed by atoms with Crippen LogP contribution < -0.4 is 14.2 Å². The summed E-state index contributed by atoms with van der Waals surface area (Å²) >= 11 is 0. The van der Waals surface area contributed by atoms with E-state index in [0.717, 1.165) is 49.6 Å². The van der Waals surface area contributed by atoms with E-state index in [0.29, 0.717) is 12.6 Å². The molecule has 3 aromatic carbocycles. The molecule has 1 atom stereocenters. The van der Waals surface area contributed by atoms with Crippen molar-refractivity contribution in [3.05, 3.63) is 88.1 Å². The Morgan fingerprint density at radius 1 is 0.377 bits per heavy atom. The topological polar surface area (TPSA) is 46.7 Å². The van der Waals surface area contributed by atoms with Crippen molar-refractivity contribution < 1.29 is 14.2 Å². The number of aromatic amines is 1. The number of hydrogen-bond donors (Lipinski definition) is 1. The van der Waals surface area contributed by atoms with Crippen LogP contribution in [0.15, 0.2) is 54.6 Å². The van der Waals surface area contributed by atoms with Crippen molar-refractivity contribution in [3.63, 3.8) is 0 Å². The molecule has 106 heavy (non-hydrogen) atoms. The molecule has 6 rings (SSSR count). The number of nitrogens with one attached hydrogen (secondary N) is 1. The van der Waals surface area contributed by atoms with E-state index in [-0.39, 0.29) is 0 Å². The summed E-state index contributed by atoms with van der Waals surface area (Å²) < 4.78 is 17.6. The summed E-state index contributed by atoms with van der Waals surface area (Å²) in [4.78, 5) is 6.24. The molecule has 0 fully saturated rings. The van der Waals surface area contributed by atoms with E-state index in [2.05, 4.69) is 474 Å². The van der Waals surface area contributed by atoms with Gasteiger partial charge >= 0.3 is 0 Å². The summed E-state index contributed by atoms with van der Waals surface area (Å²) in [5.41, 5.74) is 9.15. The third-order valence-electron chi connectivity index (χ3n) is 12.0. The molecule has 0 amide bonds. The molecule has 0 saturated heterocycles. The van der Waals surface area contributed by atoms with Crippen LogP contribution in [-0.2, 0) is 32.4 Å². The molecule has 0 spiro atoms. The third-order valence-corrected chi connectivity index (χ3v) is 12.0. The van der Waals surface area contributed by atoms with Gasteiger partial charge in [0.25, 0.3) is 0 Å². The van der Waals surface area contributed by atoms with Gasteiger partial charge in [0.05, 0.1) is 14.2 Å². The first kappa shape index (κ1) is 77.9. The second kappa shape index (κ2) is 53.4. The van der Waals surface area contributed by atoms with E-state index in [9.17, 15) is 0 Å². The predicted octanol–water partition coefficient (Wildman–Crippen LogP) is 6.74. The molecule has 0 aliphatic carbocycles. The highest BCUT2D eigenvalue weighted by molar-refractivity contribution is 5.86. The van der Waals surface area contributed by atoms with Gasteiger partial charge in [-0.25, -0.2) is 0 Å². The number of fused-ring (bicyclic) bond motifs is 6. The molecule has 1 unspecified atom stereocenters. The molecule has 2 aliphatic heterocycles. The highest BCUT2D eigenvalue weighted by atomic mass is 16.5. The predicted molar refractivity (Wildman–Crippen MR) is 417 cm³/mol. The second-order valence-corrected chi connectivity index (χ2v) is 18.4. The summed E-state index contributed by atoms with van der Waals surface area (Å²) in [6.07, 6.45) is 7.98. The van der Waals surface area contributed by atoms with Crippen molar-refractivity contribution in [1.82, 2.24) is 9.88 Å². The smallest absolute Gasteiger partial charge is 0.161 e. The molecule has 5 heteroatoms. The maximum atomic E-state index is 6.26. The van der Waals surface area contributed by atoms with Crippen LogP contribution in [0.4, 0.5) is 0 Å². The van der Waals surface area contributed by atoms with Gasteiger partial charge in [0.2, 0.25) is 0 Å². The Morgan fingerprint density at radius 2 is 0.698 bits per heavy atom. The molecule has 4 aromatic rings. The fourth-order valence-corrected chi connectivity index (χ4v) is 7.80. The van der Waals surface area contributed by atoms with Gasteiger partial charge in [-0.1, -0.05) is 37.1 Å². The van der Waals surface area contributed by atoms with Crippen molar-refractivity contribution in [2.24, 2.45) is 0 Å². The van der Waals surface area contributed by atoms with Gasteiger partial charge in [-0.05, 0) is 179 Å². The number of methoxy groups -OCH3 is 2. The SMILES string of the molecule is C#CC#CC#CC#CC#CC#CC#CC#CC#CC#CC#CC#CC#CC#CC#CC#CC#CC#CC#CC#CC#CC#CC#CC#CC#CC#CC#CC#CC#CC#CC#CC#CC#CC#CC#CC.CCc1ccc(COc2cc3c(cc2OC)C2Cc4c([nH]c5ccc(OC)cc45)CN2CC3)cc1. The summed E-state index contributed by atoms with van der Waals surface area (Å²) in [5.74, 6) is 174. The van der Waals surface area contributed by atoms with Crippen molar-refractivity contribution in [1.29, 1.82) is 0 Å². The molecule has 5 nitrogen and oxygen atoms in total. The lowest BCUT2D eigenvalue weighted by molar-refractivity contribution is 0.158. The first-order valence-corrected chi connectivity index (χ1v) is 30.3. The number of benzene rings is 3. The van der Waals surface area contributed by atoms with Gasteiger partial charge in [0.15, 0.2) is 11.5 Å². The van der Waals surface area contributed by atoms with E-state index in [1.54, 1.807) is 21.1 Å². The van der Waals surface area contributed by atoms with Crippen molar-refractivity contribution in [3.8, 4) is 432 Å². The van der Waals surface area contributed by atoms with Crippen molar-refractivity contribution in [2.75, 3.05) is 20.8 Å². The van der Waals surface area contributed by atoms with Gasteiger partial charge in [-0.15, -0.1) is 6.42 Å². The van der Waals surface area contributed by atoms with Crippen LogP contribution in [0.25, 0.3) is 10.9 Å². The van der Waals surface area contributed by atoms with Crippen LogP contribution in [0.5, 0.6) is 17.2 Å². The Labute approximate surface area is 624 Å². The molecule has 0 saturated carbocycles. The van der Waals surface area contributed by atoms with Gasteiger partial charge in [0.1, 0.15) is 12.4 Å². The maximum Gasteiger partial charge on any atom is 0.161 e. The quantitative estimate of drug-likeness (QED) is 0.218. The van der Waals surface area contributed by atoms with Crippen molar-refractivity contribution >= 4 is 10.9 Å². The number of aryl methyl sites for hydroxylation is 1. The van der Waals surface area contributed by atoms with Gasteiger partial charge in [0, 0.05) is 344 Å². The molecule has 2 aliphatic rings. The minimum Gasteiger partial charge on any atom is -0.497 e. The molecule has 0 bridgehead atoms. The van der Waals surface area contributed by atoms with Crippen LogP contribution in [0.3, 0.4) is 0 Å². The van der Waals surface area contributed by atoms with E-state index in [4.69, 9.17) is 20.6 Å². The fourth-order valence-electron chi connectivity index (χ4n) is 7.80. The van der Waals surface area contributed by atoms with E-state index >= 15 is 0 Å². The van der Waals surface area contributed by atoms with Crippen LogP contribution in [-0.4, -0.2) is 30.6 Å². The Kier molecular flexibility index (Phi) is 39.2. The summed E-state index contributed by atoms with van der Waals surface area (Å²) in [5, 5.41) is 1.27. The summed E-state index contributed by atoms with van der Waals surface area (Å²) in [6.45, 7) is 6.37. The number of hydrogen-bond acceptors (Lipinski definition) is 4. The molecule has 1 aromatic heterocycles. The highest BCUT2D eigenvalue weighted by Crippen LogP contribution is 2.44. The number of rotatable bonds is 6. The number of nitrogens with zero attached hydrogens (tertiary/aromatic N) is 1. The Hall–Kier alpha value is -18.8. The second-order valence-electron chi connectivity index (χ2n) is 18.4. The van der Waals surface area contributed by atoms with Crippen LogP contribution in [0.2, 0.25) is 0 Å². The Bertz CT molecular complexity index is 6740. The third kappa shape index (κ3) is 34.5. The molecular weight excluding hydrogens is 1290 g/mol. The lowest BCUT2D eigenvalue weighted by Crippen LogP contribution is -2.39. The van der Waals surface area contributed by atoms with Crippen molar-refractivity contribution in [2.45, 2.75) is 52.3 Å².